The van der Waals surface area contributed by atoms with Crippen molar-refractivity contribution in [1.82, 2.24) is 9.97 Å². The molecule has 3 nitrogen and oxygen atoms in total. The van der Waals surface area contributed by atoms with E-state index in [9.17, 15) is 4.79 Å². The van der Waals surface area contributed by atoms with Crippen molar-refractivity contribution in [2.24, 2.45) is 5.92 Å². The molecule has 3 rings (SSSR count). The lowest BCUT2D eigenvalue weighted by Crippen LogP contribution is -2.06. The van der Waals surface area contributed by atoms with Crippen LogP contribution < -0.4 is 5.69 Å². The highest BCUT2D eigenvalue weighted by molar-refractivity contribution is 9.09. The van der Waals surface area contributed by atoms with Gasteiger partial charge >= 0.3 is 5.69 Å². The number of hydrogen-bond donors (Lipinski definition) is 2. The predicted octanol–water partition coefficient (Wildman–Crippen LogP) is 4.26. The zero-order valence-corrected chi connectivity index (χ0v) is 12.5. The van der Waals surface area contributed by atoms with E-state index in [0.29, 0.717) is 10.7 Å². The summed E-state index contributed by atoms with van der Waals surface area (Å²) in [6.07, 6.45) is 8.04. The number of halogens is 1. The molecule has 1 saturated carbocycles. The minimum atomic E-state index is -0.132. The summed E-state index contributed by atoms with van der Waals surface area (Å²) >= 11 is 3.87. The zero-order valence-electron chi connectivity index (χ0n) is 10.9. The van der Waals surface area contributed by atoms with Gasteiger partial charge in [0.05, 0.1) is 11.0 Å². The first-order valence-corrected chi connectivity index (χ1v) is 8.01. The lowest BCUT2D eigenvalue weighted by Gasteiger charge is -2.21. The van der Waals surface area contributed by atoms with Crippen LogP contribution in [0.1, 0.15) is 48.9 Å². The Labute approximate surface area is 120 Å². The molecule has 1 aliphatic carbocycles. The highest BCUT2D eigenvalue weighted by Gasteiger charge is 2.22. The van der Waals surface area contributed by atoms with E-state index in [1.165, 1.54) is 44.1 Å². The summed E-state index contributed by atoms with van der Waals surface area (Å²) < 4.78 is 0. The molecule has 102 valence electrons. The Morgan fingerprint density at radius 3 is 2.47 bits per heavy atom. The predicted molar refractivity (Wildman–Crippen MR) is 81.8 cm³/mol. The Morgan fingerprint density at radius 1 is 1.05 bits per heavy atom. The molecule has 1 aromatic carbocycles. The molecule has 2 aromatic rings. The maximum Gasteiger partial charge on any atom is 0.323 e. The molecule has 0 spiro atoms. The molecule has 4 heteroatoms. The van der Waals surface area contributed by atoms with Crippen LogP contribution in [-0.2, 0) is 0 Å². The molecule has 19 heavy (non-hydrogen) atoms. The average Bonchev–Trinajstić information content (AvgIpc) is 2.63. The number of rotatable bonds is 2. The normalized spacial score (nSPS) is 19.4. The van der Waals surface area contributed by atoms with Gasteiger partial charge in [-0.3, -0.25) is 0 Å². The van der Waals surface area contributed by atoms with E-state index in [0.717, 1.165) is 11.0 Å². The molecule has 1 aliphatic rings. The van der Waals surface area contributed by atoms with Crippen molar-refractivity contribution >= 4 is 27.0 Å². The zero-order chi connectivity index (χ0) is 13.2. The summed E-state index contributed by atoms with van der Waals surface area (Å²) in [6.45, 7) is 0. The standard InChI is InChI=1S/C15H19BrN2O/c16-14(10-5-3-1-2-4-6-10)11-7-8-12-13(9-11)18-15(19)17-12/h7-10,14H,1-6H2,(H2,17,18,19). The smallest absolute Gasteiger partial charge is 0.306 e. The summed E-state index contributed by atoms with van der Waals surface area (Å²) in [7, 11) is 0. The Balaban J connectivity index is 1.87. The molecule has 1 unspecified atom stereocenters. The molecule has 1 heterocycles. The number of imidazole rings is 1. The first-order chi connectivity index (χ1) is 9.24. The van der Waals surface area contributed by atoms with Crippen LogP contribution >= 0.6 is 15.9 Å². The lowest BCUT2D eigenvalue weighted by molar-refractivity contribution is 0.455. The molecule has 0 bridgehead atoms. The third kappa shape index (κ3) is 2.78. The number of fused-ring (bicyclic) bond motifs is 1. The molecule has 0 saturated heterocycles. The minimum absolute atomic E-state index is 0.132. The van der Waals surface area contributed by atoms with Crippen LogP contribution in [0.25, 0.3) is 11.0 Å². The van der Waals surface area contributed by atoms with Gasteiger partial charge in [-0.15, -0.1) is 0 Å². The number of H-pyrrole nitrogens is 2. The highest BCUT2D eigenvalue weighted by Crippen LogP contribution is 2.39. The number of hydrogen-bond acceptors (Lipinski definition) is 1. The first-order valence-electron chi connectivity index (χ1n) is 7.10. The third-order valence-corrected chi connectivity index (χ3v) is 5.45. The molecule has 1 atom stereocenters. The number of benzene rings is 1. The topological polar surface area (TPSA) is 48.6 Å². The molecule has 1 fully saturated rings. The number of aromatic amines is 2. The van der Waals surface area contributed by atoms with Crippen LogP contribution in [0, 0.1) is 5.92 Å². The van der Waals surface area contributed by atoms with Gasteiger partial charge in [0.1, 0.15) is 0 Å². The molecular formula is C15H19BrN2O. The van der Waals surface area contributed by atoms with Crippen molar-refractivity contribution in [3.05, 3.63) is 34.2 Å². The van der Waals surface area contributed by atoms with E-state index in [2.05, 4.69) is 38.0 Å². The second kappa shape index (κ2) is 5.53. The van der Waals surface area contributed by atoms with E-state index < -0.39 is 0 Å². The maximum absolute atomic E-state index is 11.3. The third-order valence-electron chi connectivity index (χ3n) is 4.17. The van der Waals surface area contributed by atoms with Gasteiger partial charge in [0, 0.05) is 4.83 Å². The fourth-order valence-corrected chi connectivity index (χ4v) is 3.91. The minimum Gasteiger partial charge on any atom is -0.306 e. The van der Waals surface area contributed by atoms with Crippen molar-refractivity contribution in [2.45, 2.75) is 43.4 Å². The van der Waals surface area contributed by atoms with Crippen LogP contribution in [0.3, 0.4) is 0 Å². The van der Waals surface area contributed by atoms with Crippen molar-refractivity contribution < 1.29 is 0 Å². The SMILES string of the molecule is O=c1[nH]c2ccc(C(Br)C3CCCCCC3)cc2[nH]1. The number of aromatic nitrogens is 2. The van der Waals surface area contributed by atoms with Crippen LogP contribution in [0.15, 0.2) is 23.0 Å². The summed E-state index contributed by atoms with van der Waals surface area (Å²) in [4.78, 5) is 17.3. The van der Waals surface area contributed by atoms with Gasteiger partial charge in [0.15, 0.2) is 0 Å². The van der Waals surface area contributed by atoms with Crippen molar-refractivity contribution in [1.29, 1.82) is 0 Å². The van der Waals surface area contributed by atoms with Gasteiger partial charge in [-0.25, -0.2) is 4.79 Å². The Kier molecular flexibility index (Phi) is 3.78. The monoisotopic (exact) mass is 322 g/mol. The van der Waals surface area contributed by atoms with Gasteiger partial charge in [0.25, 0.3) is 0 Å². The number of alkyl halides is 1. The molecular weight excluding hydrogens is 304 g/mol. The molecule has 2 N–H and O–H groups in total. The first kappa shape index (κ1) is 13.0. The highest BCUT2D eigenvalue weighted by atomic mass is 79.9. The molecule has 0 amide bonds. The summed E-state index contributed by atoms with van der Waals surface area (Å²) in [5.41, 5.74) is 2.93. The van der Waals surface area contributed by atoms with Crippen LogP contribution in [0.5, 0.6) is 0 Å². The van der Waals surface area contributed by atoms with E-state index in [1.807, 2.05) is 6.07 Å². The average molecular weight is 323 g/mol. The lowest BCUT2D eigenvalue weighted by atomic mass is 9.92. The second-order valence-electron chi connectivity index (χ2n) is 5.54. The fourth-order valence-electron chi connectivity index (χ4n) is 3.10. The molecule has 0 aliphatic heterocycles. The molecule has 0 radical (unpaired) electrons. The quantitative estimate of drug-likeness (QED) is 0.629. The fraction of sp³-hybridized carbons (Fsp3) is 0.533. The van der Waals surface area contributed by atoms with Gasteiger partial charge in [-0.1, -0.05) is 47.7 Å². The second-order valence-corrected chi connectivity index (χ2v) is 6.52. The van der Waals surface area contributed by atoms with Gasteiger partial charge in [-0.2, -0.15) is 0 Å². The van der Waals surface area contributed by atoms with Crippen molar-refractivity contribution in [2.75, 3.05) is 0 Å². The number of nitrogens with one attached hydrogen (secondary N) is 2. The van der Waals surface area contributed by atoms with E-state index in [-0.39, 0.29) is 5.69 Å². The Morgan fingerprint density at radius 2 is 1.74 bits per heavy atom. The Hall–Kier alpha value is -1.03. The summed E-state index contributed by atoms with van der Waals surface area (Å²) in [5.74, 6) is 0.714. The van der Waals surface area contributed by atoms with Gasteiger partial charge in [0.2, 0.25) is 0 Å². The van der Waals surface area contributed by atoms with E-state index >= 15 is 0 Å². The van der Waals surface area contributed by atoms with Crippen molar-refractivity contribution in [3.8, 4) is 0 Å². The van der Waals surface area contributed by atoms with E-state index in [4.69, 9.17) is 0 Å². The largest absolute Gasteiger partial charge is 0.323 e. The summed E-state index contributed by atoms with van der Waals surface area (Å²) in [5, 5.41) is 0. The maximum atomic E-state index is 11.3. The summed E-state index contributed by atoms with van der Waals surface area (Å²) in [6, 6.07) is 6.21. The Bertz CT molecular complexity index is 608. The van der Waals surface area contributed by atoms with Crippen LogP contribution in [0.4, 0.5) is 0 Å². The van der Waals surface area contributed by atoms with Crippen LogP contribution in [0.2, 0.25) is 0 Å². The van der Waals surface area contributed by atoms with Gasteiger partial charge in [-0.05, 0) is 36.5 Å². The van der Waals surface area contributed by atoms with Gasteiger partial charge < -0.3 is 9.97 Å². The van der Waals surface area contributed by atoms with Crippen LogP contribution in [-0.4, -0.2) is 9.97 Å². The molecule has 1 aromatic heterocycles. The van der Waals surface area contributed by atoms with Crippen molar-refractivity contribution in [3.63, 3.8) is 0 Å². The van der Waals surface area contributed by atoms with E-state index in [1.54, 1.807) is 0 Å².